The first-order chi connectivity index (χ1) is 11.6. The van der Waals surface area contributed by atoms with Crippen LogP contribution in [-0.2, 0) is 4.79 Å². The van der Waals surface area contributed by atoms with Gasteiger partial charge in [-0.2, -0.15) is 0 Å². The van der Waals surface area contributed by atoms with Gasteiger partial charge in [0.25, 0.3) is 5.91 Å². The topological polar surface area (TPSA) is 38.8 Å². The van der Waals surface area contributed by atoms with E-state index in [1.54, 1.807) is 30.3 Å². The molecule has 2 aliphatic heterocycles. The van der Waals surface area contributed by atoms with Crippen LogP contribution in [0.15, 0.2) is 47.4 Å². The second-order valence-electron chi connectivity index (χ2n) is 5.11. The van der Waals surface area contributed by atoms with E-state index < -0.39 is 5.82 Å². The summed E-state index contributed by atoms with van der Waals surface area (Å²) in [6.07, 6.45) is 1.74. The van der Waals surface area contributed by atoms with Gasteiger partial charge < -0.3 is 9.47 Å². The number of fused-ring (bicyclic) bond motifs is 1. The Kier molecular flexibility index (Phi) is 3.74. The molecule has 24 heavy (non-hydrogen) atoms. The second-order valence-corrected chi connectivity index (χ2v) is 6.79. The molecule has 1 saturated heterocycles. The van der Waals surface area contributed by atoms with Crippen molar-refractivity contribution in [2.24, 2.45) is 0 Å². The van der Waals surface area contributed by atoms with Crippen LogP contribution in [0.2, 0.25) is 0 Å². The molecule has 2 heterocycles. The maximum absolute atomic E-state index is 13.4. The fraction of sp³-hybridized carbons (Fsp3) is 0.0588. The van der Waals surface area contributed by atoms with Crippen LogP contribution in [0.3, 0.4) is 0 Å². The summed E-state index contributed by atoms with van der Waals surface area (Å²) in [6.45, 7) is 0.195. The molecular weight excluding hydrogens is 349 g/mol. The molecule has 0 radical (unpaired) electrons. The zero-order valence-corrected chi connectivity index (χ0v) is 13.8. The lowest BCUT2D eigenvalue weighted by atomic mass is 10.2. The second kappa shape index (κ2) is 5.92. The molecule has 2 aliphatic rings. The van der Waals surface area contributed by atoms with Gasteiger partial charge in [0.2, 0.25) is 6.79 Å². The number of carbonyl (C=O) groups is 1. The van der Waals surface area contributed by atoms with E-state index >= 15 is 0 Å². The van der Waals surface area contributed by atoms with Gasteiger partial charge in [-0.1, -0.05) is 36.1 Å². The van der Waals surface area contributed by atoms with Crippen LogP contribution >= 0.6 is 24.0 Å². The van der Waals surface area contributed by atoms with Crippen LogP contribution in [0, 0.1) is 5.82 Å². The molecule has 4 nitrogen and oxygen atoms in total. The minimum absolute atomic E-state index is 0.195. The minimum Gasteiger partial charge on any atom is -0.454 e. The van der Waals surface area contributed by atoms with E-state index in [1.807, 2.05) is 6.07 Å². The fourth-order valence-electron chi connectivity index (χ4n) is 2.46. The van der Waals surface area contributed by atoms with Crippen molar-refractivity contribution >= 4 is 46.0 Å². The lowest BCUT2D eigenvalue weighted by Crippen LogP contribution is -2.27. The van der Waals surface area contributed by atoms with Crippen molar-refractivity contribution in [1.29, 1.82) is 0 Å². The number of nitrogens with zero attached hydrogens (tertiary/aromatic N) is 1. The summed E-state index contributed by atoms with van der Waals surface area (Å²) in [6, 6.07) is 11.2. The maximum Gasteiger partial charge on any atom is 0.270 e. The molecule has 2 aromatic rings. The van der Waals surface area contributed by atoms with E-state index in [1.165, 1.54) is 28.8 Å². The molecule has 1 amide bonds. The molecule has 2 aromatic carbocycles. The number of anilines is 1. The predicted molar refractivity (Wildman–Crippen MR) is 94.6 cm³/mol. The fourth-order valence-corrected chi connectivity index (χ4v) is 3.76. The normalized spacial score (nSPS) is 17.9. The highest BCUT2D eigenvalue weighted by atomic mass is 32.2. The number of rotatable bonds is 2. The van der Waals surface area contributed by atoms with Gasteiger partial charge in [0, 0.05) is 0 Å². The number of amides is 1. The number of thioether (sulfide) groups is 1. The van der Waals surface area contributed by atoms with Crippen molar-refractivity contribution < 1.29 is 18.7 Å². The highest BCUT2D eigenvalue weighted by Gasteiger charge is 2.33. The van der Waals surface area contributed by atoms with E-state index in [-0.39, 0.29) is 12.7 Å². The van der Waals surface area contributed by atoms with Gasteiger partial charge in [0.1, 0.15) is 5.82 Å². The molecule has 4 rings (SSSR count). The number of halogens is 1. The maximum atomic E-state index is 13.4. The van der Waals surface area contributed by atoms with E-state index in [2.05, 4.69) is 0 Å². The molecule has 120 valence electrons. The van der Waals surface area contributed by atoms with Crippen LogP contribution in [0.5, 0.6) is 11.5 Å². The van der Waals surface area contributed by atoms with E-state index in [4.69, 9.17) is 21.7 Å². The quantitative estimate of drug-likeness (QED) is 0.599. The zero-order chi connectivity index (χ0) is 16.7. The third kappa shape index (κ3) is 2.65. The standard InChI is InChI=1S/C17H10FNO3S2/c18-11-2-1-3-12(8-11)19-16(20)15(24-17(19)23)7-10-4-5-13-14(6-10)22-9-21-13/h1-8H,9H2/b15-7-. The Labute approximate surface area is 146 Å². The Bertz CT molecular complexity index is 897. The van der Waals surface area contributed by atoms with Crippen LogP contribution in [-0.4, -0.2) is 17.0 Å². The Morgan fingerprint density at radius 2 is 2.00 bits per heavy atom. The molecule has 7 heteroatoms. The van der Waals surface area contributed by atoms with E-state index in [0.29, 0.717) is 26.4 Å². The molecule has 0 bridgehead atoms. The van der Waals surface area contributed by atoms with Gasteiger partial charge in [0.15, 0.2) is 15.8 Å². The van der Waals surface area contributed by atoms with Crippen molar-refractivity contribution in [3.63, 3.8) is 0 Å². The van der Waals surface area contributed by atoms with Crippen LogP contribution in [0.1, 0.15) is 5.56 Å². The smallest absolute Gasteiger partial charge is 0.270 e. The summed E-state index contributed by atoms with van der Waals surface area (Å²) in [4.78, 5) is 14.4. The Balaban J connectivity index is 1.66. The molecule has 0 atom stereocenters. The monoisotopic (exact) mass is 359 g/mol. The van der Waals surface area contributed by atoms with Crippen molar-refractivity contribution in [2.45, 2.75) is 0 Å². The largest absolute Gasteiger partial charge is 0.454 e. The number of thiocarbonyl (C=S) groups is 1. The average molecular weight is 359 g/mol. The lowest BCUT2D eigenvalue weighted by Gasteiger charge is -2.14. The summed E-state index contributed by atoms with van der Waals surface area (Å²) in [7, 11) is 0. The third-order valence-electron chi connectivity index (χ3n) is 3.55. The van der Waals surface area contributed by atoms with Crippen LogP contribution in [0.25, 0.3) is 6.08 Å². The van der Waals surface area contributed by atoms with Gasteiger partial charge in [-0.25, -0.2) is 4.39 Å². The van der Waals surface area contributed by atoms with Crippen molar-refractivity contribution in [3.05, 3.63) is 58.8 Å². The minimum atomic E-state index is -0.415. The first-order valence-corrected chi connectivity index (χ1v) is 8.27. The predicted octanol–water partition coefficient (Wildman–Crippen LogP) is 3.96. The Morgan fingerprint density at radius 3 is 2.83 bits per heavy atom. The van der Waals surface area contributed by atoms with Gasteiger partial charge >= 0.3 is 0 Å². The SMILES string of the molecule is O=C1/C(=C/c2ccc3c(c2)OCO3)SC(=S)N1c1cccc(F)c1. The van der Waals surface area contributed by atoms with E-state index in [0.717, 1.165) is 5.56 Å². The molecule has 0 aliphatic carbocycles. The first-order valence-electron chi connectivity index (χ1n) is 7.05. The van der Waals surface area contributed by atoms with Crippen molar-refractivity contribution in [2.75, 3.05) is 11.7 Å². The Hall–Kier alpha value is -2.38. The number of benzene rings is 2. The number of hydrogen-bond donors (Lipinski definition) is 0. The molecule has 0 aromatic heterocycles. The number of hydrogen-bond acceptors (Lipinski definition) is 5. The Morgan fingerprint density at radius 1 is 1.17 bits per heavy atom. The number of ether oxygens (including phenoxy) is 2. The molecule has 0 N–H and O–H groups in total. The molecule has 0 saturated carbocycles. The first kappa shape index (κ1) is 15.2. The summed E-state index contributed by atoms with van der Waals surface area (Å²) in [5.74, 6) is 0.637. The summed E-state index contributed by atoms with van der Waals surface area (Å²) in [5, 5.41) is 0. The lowest BCUT2D eigenvalue weighted by molar-refractivity contribution is -0.113. The highest BCUT2D eigenvalue weighted by molar-refractivity contribution is 8.27. The van der Waals surface area contributed by atoms with Gasteiger partial charge in [0.05, 0.1) is 10.6 Å². The zero-order valence-electron chi connectivity index (χ0n) is 12.2. The summed E-state index contributed by atoms with van der Waals surface area (Å²) < 4.78 is 24.4. The van der Waals surface area contributed by atoms with Gasteiger partial charge in [-0.05, 0) is 42.0 Å². The summed E-state index contributed by atoms with van der Waals surface area (Å²) >= 11 is 6.46. The molecule has 0 unspecified atom stereocenters. The summed E-state index contributed by atoms with van der Waals surface area (Å²) in [5.41, 5.74) is 1.23. The van der Waals surface area contributed by atoms with Crippen LogP contribution in [0.4, 0.5) is 10.1 Å². The third-order valence-corrected chi connectivity index (χ3v) is 4.86. The highest BCUT2D eigenvalue weighted by Crippen LogP contribution is 2.38. The van der Waals surface area contributed by atoms with E-state index in [9.17, 15) is 9.18 Å². The van der Waals surface area contributed by atoms with Crippen molar-refractivity contribution in [3.8, 4) is 11.5 Å². The molecule has 1 fully saturated rings. The van der Waals surface area contributed by atoms with Gasteiger partial charge in [-0.15, -0.1) is 0 Å². The van der Waals surface area contributed by atoms with Crippen molar-refractivity contribution in [1.82, 2.24) is 0 Å². The van der Waals surface area contributed by atoms with Gasteiger partial charge in [-0.3, -0.25) is 9.69 Å². The number of carbonyl (C=O) groups excluding carboxylic acids is 1. The molecule has 0 spiro atoms. The average Bonchev–Trinajstić information content (AvgIpc) is 3.12. The van der Waals surface area contributed by atoms with Crippen LogP contribution < -0.4 is 14.4 Å². The molecular formula is C17H10FNO3S2.